The fourth-order valence-electron chi connectivity index (χ4n) is 1.50. The minimum absolute atomic E-state index is 0.0767. The minimum Gasteiger partial charge on any atom is -0.480 e. The number of carboxylic acids is 1. The van der Waals surface area contributed by atoms with Gasteiger partial charge in [0.25, 0.3) is 0 Å². The largest absolute Gasteiger partial charge is 0.480 e. The van der Waals surface area contributed by atoms with Crippen molar-refractivity contribution in [2.75, 3.05) is 18.8 Å². The number of thioether (sulfide) groups is 1. The molecule has 1 amide bonds. The topological polar surface area (TPSA) is 57.6 Å². The fourth-order valence-corrected chi connectivity index (χ4v) is 2.22. The van der Waals surface area contributed by atoms with Crippen LogP contribution in [-0.2, 0) is 9.59 Å². The number of carboxylic acid groups (broad SMARTS) is 1. The third kappa shape index (κ3) is 4.11. The van der Waals surface area contributed by atoms with Crippen LogP contribution in [0.5, 0.6) is 0 Å². The summed E-state index contributed by atoms with van der Waals surface area (Å²) in [6.45, 7) is 3.28. The summed E-state index contributed by atoms with van der Waals surface area (Å²) in [5.74, 6) is -0.493. The number of aliphatic carboxylic acids is 1. The molecule has 0 aromatic rings. The van der Waals surface area contributed by atoms with Crippen molar-refractivity contribution in [3.8, 4) is 0 Å². The second-order valence-electron chi connectivity index (χ2n) is 3.73. The van der Waals surface area contributed by atoms with Crippen LogP contribution in [0.15, 0.2) is 0 Å². The predicted octanol–water partition coefficient (Wildman–Crippen LogP) is 1.21. The molecule has 1 aliphatic rings. The van der Waals surface area contributed by atoms with Gasteiger partial charge < -0.3 is 10.0 Å². The number of hydrogen-bond acceptors (Lipinski definition) is 3. The summed E-state index contributed by atoms with van der Waals surface area (Å²) in [6, 6.07) is 0. The Morgan fingerprint density at radius 3 is 2.47 bits per heavy atom. The predicted molar refractivity (Wildman–Crippen MR) is 60.0 cm³/mol. The Hall–Kier alpha value is -0.710. The van der Waals surface area contributed by atoms with Gasteiger partial charge >= 0.3 is 5.97 Å². The van der Waals surface area contributed by atoms with E-state index in [0.29, 0.717) is 0 Å². The molecule has 1 atom stereocenters. The van der Waals surface area contributed by atoms with Crippen molar-refractivity contribution in [2.45, 2.75) is 31.4 Å². The highest BCUT2D eigenvalue weighted by atomic mass is 32.2. The highest BCUT2D eigenvalue weighted by molar-refractivity contribution is 8.01. The minimum atomic E-state index is -0.855. The van der Waals surface area contributed by atoms with E-state index < -0.39 is 11.2 Å². The van der Waals surface area contributed by atoms with Gasteiger partial charge in [-0.1, -0.05) is 0 Å². The van der Waals surface area contributed by atoms with Crippen LogP contribution in [0.25, 0.3) is 0 Å². The summed E-state index contributed by atoms with van der Waals surface area (Å²) in [6.07, 6.45) is 3.35. The lowest BCUT2D eigenvalue weighted by molar-refractivity contribution is -0.136. The third-order valence-corrected chi connectivity index (χ3v) is 3.63. The van der Waals surface area contributed by atoms with Gasteiger partial charge in [-0.05, 0) is 26.2 Å². The maximum atomic E-state index is 11.6. The lowest BCUT2D eigenvalue weighted by Crippen LogP contribution is -2.37. The Bertz CT molecular complexity index is 239. The van der Waals surface area contributed by atoms with Crippen molar-refractivity contribution in [3.05, 3.63) is 0 Å². The van der Waals surface area contributed by atoms with E-state index in [1.165, 1.54) is 18.2 Å². The zero-order valence-electron chi connectivity index (χ0n) is 8.94. The standard InChI is InChI=1S/C10H17NO3S/c1-8(10(13)14)15-7-9(12)11-5-3-2-4-6-11/h8H,2-7H2,1H3,(H,13,14). The first kappa shape index (κ1) is 12.4. The van der Waals surface area contributed by atoms with Gasteiger partial charge in [0.1, 0.15) is 0 Å². The average Bonchev–Trinajstić information content (AvgIpc) is 2.26. The van der Waals surface area contributed by atoms with Crippen LogP contribution in [-0.4, -0.2) is 46.0 Å². The van der Waals surface area contributed by atoms with Crippen LogP contribution in [0.4, 0.5) is 0 Å². The van der Waals surface area contributed by atoms with E-state index in [4.69, 9.17) is 5.11 Å². The molecule has 1 rings (SSSR count). The normalized spacial score (nSPS) is 18.6. The van der Waals surface area contributed by atoms with Crippen LogP contribution in [0.1, 0.15) is 26.2 Å². The van der Waals surface area contributed by atoms with Crippen molar-refractivity contribution in [1.82, 2.24) is 4.90 Å². The van der Waals surface area contributed by atoms with Crippen LogP contribution >= 0.6 is 11.8 Å². The van der Waals surface area contributed by atoms with Gasteiger partial charge in [-0.2, -0.15) is 0 Å². The van der Waals surface area contributed by atoms with E-state index >= 15 is 0 Å². The zero-order chi connectivity index (χ0) is 11.3. The van der Waals surface area contributed by atoms with E-state index in [-0.39, 0.29) is 11.7 Å². The molecule has 1 aliphatic heterocycles. The average molecular weight is 231 g/mol. The van der Waals surface area contributed by atoms with Gasteiger partial charge in [0.2, 0.25) is 5.91 Å². The molecular formula is C10H17NO3S. The molecule has 5 heteroatoms. The molecular weight excluding hydrogens is 214 g/mol. The number of carbonyl (C=O) groups is 2. The lowest BCUT2D eigenvalue weighted by atomic mass is 10.1. The van der Waals surface area contributed by atoms with Crippen LogP contribution in [0, 0.1) is 0 Å². The van der Waals surface area contributed by atoms with E-state index in [2.05, 4.69) is 0 Å². The second-order valence-corrected chi connectivity index (χ2v) is 5.06. The highest BCUT2D eigenvalue weighted by Crippen LogP contribution is 2.14. The maximum Gasteiger partial charge on any atom is 0.316 e. The summed E-state index contributed by atoms with van der Waals surface area (Å²) in [7, 11) is 0. The Morgan fingerprint density at radius 1 is 1.33 bits per heavy atom. The Kier molecular flexibility index (Phi) is 4.94. The van der Waals surface area contributed by atoms with Crippen molar-refractivity contribution in [2.24, 2.45) is 0 Å². The van der Waals surface area contributed by atoms with Crippen molar-refractivity contribution < 1.29 is 14.7 Å². The molecule has 1 saturated heterocycles. The molecule has 4 nitrogen and oxygen atoms in total. The number of hydrogen-bond donors (Lipinski definition) is 1. The summed E-state index contributed by atoms with van der Waals surface area (Å²) < 4.78 is 0. The molecule has 0 aromatic carbocycles. The molecule has 1 unspecified atom stereocenters. The number of rotatable bonds is 4. The summed E-state index contributed by atoms with van der Waals surface area (Å²) in [5.41, 5.74) is 0. The molecule has 0 radical (unpaired) electrons. The molecule has 15 heavy (non-hydrogen) atoms. The Labute approximate surface area is 94.0 Å². The monoisotopic (exact) mass is 231 g/mol. The number of carbonyl (C=O) groups excluding carboxylic acids is 1. The number of likely N-dealkylation sites (tertiary alicyclic amines) is 1. The smallest absolute Gasteiger partial charge is 0.316 e. The number of amides is 1. The lowest BCUT2D eigenvalue weighted by Gasteiger charge is -2.26. The summed E-state index contributed by atoms with van der Waals surface area (Å²) in [5, 5.41) is 8.16. The van der Waals surface area contributed by atoms with E-state index in [1.54, 1.807) is 6.92 Å². The van der Waals surface area contributed by atoms with Crippen LogP contribution in [0.3, 0.4) is 0 Å². The summed E-state index contributed by atoms with van der Waals surface area (Å²) in [4.78, 5) is 24.0. The van der Waals surface area contributed by atoms with Gasteiger partial charge in [-0.15, -0.1) is 11.8 Å². The van der Waals surface area contributed by atoms with Crippen molar-refractivity contribution in [3.63, 3.8) is 0 Å². The molecule has 1 N–H and O–H groups in total. The van der Waals surface area contributed by atoms with Crippen LogP contribution < -0.4 is 0 Å². The van der Waals surface area contributed by atoms with Crippen molar-refractivity contribution >= 4 is 23.6 Å². The van der Waals surface area contributed by atoms with Crippen LogP contribution in [0.2, 0.25) is 0 Å². The van der Waals surface area contributed by atoms with Crippen molar-refractivity contribution in [1.29, 1.82) is 0 Å². The molecule has 1 heterocycles. The SMILES string of the molecule is CC(SCC(=O)N1CCCCC1)C(=O)O. The zero-order valence-corrected chi connectivity index (χ0v) is 9.76. The Morgan fingerprint density at radius 2 is 1.93 bits per heavy atom. The molecule has 86 valence electrons. The van der Waals surface area contributed by atoms with E-state index in [9.17, 15) is 9.59 Å². The molecule has 0 bridgehead atoms. The molecule has 0 aliphatic carbocycles. The highest BCUT2D eigenvalue weighted by Gasteiger charge is 2.19. The quantitative estimate of drug-likeness (QED) is 0.790. The second kappa shape index (κ2) is 6.00. The fraction of sp³-hybridized carbons (Fsp3) is 0.800. The first-order valence-electron chi connectivity index (χ1n) is 5.23. The third-order valence-electron chi connectivity index (χ3n) is 2.51. The number of nitrogens with zero attached hydrogens (tertiary/aromatic N) is 1. The van der Waals surface area contributed by atoms with Gasteiger partial charge in [0.15, 0.2) is 0 Å². The Balaban J connectivity index is 2.25. The molecule has 0 aromatic heterocycles. The van der Waals surface area contributed by atoms with E-state index in [1.807, 2.05) is 4.90 Å². The van der Waals surface area contributed by atoms with Gasteiger partial charge in [-0.25, -0.2) is 0 Å². The molecule has 0 spiro atoms. The maximum absolute atomic E-state index is 11.6. The first-order chi connectivity index (χ1) is 7.11. The first-order valence-corrected chi connectivity index (χ1v) is 6.28. The van der Waals surface area contributed by atoms with Gasteiger partial charge in [-0.3, -0.25) is 9.59 Å². The van der Waals surface area contributed by atoms with Gasteiger partial charge in [0.05, 0.1) is 11.0 Å². The number of piperidine rings is 1. The molecule has 0 saturated carbocycles. The van der Waals surface area contributed by atoms with Gasteiger partial charge in [0, 0.05) is 13.1 Å². The summed E-state index contributed by atoms with van der Waals surface area (Å²) >= 11 is 1.20. The molecule has 1 fully saturated rings. The van der Waals surface area contributed by atoms with E-state index in [0.717, 1.165) is 25.9 Å².